The van der Waals surface area contributed by atoms with Crippen LogP contribution < -0.4 is 0 Å². The van der Waals surface area contributed by atoms with E-state index in [-0.39, 0.29) is 26.1 Å². The smallest absolute Gasteiger partial charge is 0.306 e. The van der Waals surface area contributed by atoms with E-state index in [1.807, 2.05) is 0 Å². The number of allylic oxidation sites excluding steroid dienone is 4. The molecule has 2 heterocycles. The van der Waals surface area contributed by atoms with Gasteiger partial charge in [0.2, 0.25) is 0 Å². The van der Waals surface area contributed by atoms with Crippen molar-refractivity contribution in [3.8, 4) is 0 Å². The predicted octanol–water partition coefficient (Wildman–Crippen LogP) is 5.60. The molecule has 2 fully saturated rings. The van der Waals surface area contributed by atoms with Gasteiger partial charge in [0.1, 0.15) is 55.4 Å². The number of carbonyl (C=O) groups is 2. The van der Waals surface area contributed by atoms with Gasteiger partial charge < -0.3 is 64.2 Å². The summed E-state index contributed by atoms with van der Waals surface area (Å²) in [7, 11) is 0. The van der Waals surface area contributed by atoms with Crippen molar-refractivity contribution in [1.29, 1.82) is 0 Å². The molecule has 0 bridgehead atoms. The Balaban J connectivity index is 1.85. The predicted molar refractivity (Wildman–Crippen MR) is 234 cm³/mol. The van der Waals surface area contributed by atoms with Crippen molar-refractivity contribution in [1.82, 2.24) is 0 Å². The fourth-order valence-electron chi connectivity index (χ4n) is 7.41. The van der Waals surface area contributed by atoms with Crippen molar-refractivity contribution in [2.24, 2.45) is 0 Å². The van der Waals surface area contributed by atoms with Crippen molar-refractivity contribution < 1.29 is 73.8 Å². The number of unbranched alkanes of at least 4 members (excludes halogenated alkanes) is 18. The zero-order valence-corrected chi connectivity index (χ0v) is 37.9. The minimum absolute atomic E-state index is 0.151. The lowest BCUT2D eigenvalue weighted by molar-refractivity contribution is -0.332. The lowest BCUT2D eigenvalue weighted by Crippen LogP contribution is -2.61. The van der Waals surface area contributed by atoms with Crippen LogP contribution in [0.1, 0.15) is 168 Å². The third kappa shape index (κ3) is 23.8. The Labute approximate surface area is 371 Å². The molecule has 0 aromatic rings. The molecule has 2 aliphatic heterocycles. The van der Waals surface area contributed by atoms with Gasteiger partial charge in [0.05, 0.1) is 19.8 Å². The van der Waals surface area contributed by atoms with Crippen LogP contribution in [0.2, 0.25) is 0 Å². The van der Waals surface area contributed by atoms with Crippen molar-refractivity contribution in [2.45, 2.75) is 235 Å². The maximum absolute atomic E-state index is 12.9. The maximum Gasteiger partial charge on any atom is 0.306 e. The Morgan fingerprint density at radius 3 is 1.55 bits per heavy atom. The van der Waals surface area contributed by atoms with Crippen molar-refractivity contribution in [3.05, 3.63) is 24.3 Å². The van der Waals surface area contributed by atoms with Gasteiger partial charge in [-0.1, -0.05) is 141 Å². The van der Waals surface area contributed by atoms with Crippen LogP contribution in [0.3, 0.4) is 0 Å². The van der Waals surface area contributed by atoms with Crippen molar-refractivity contribution >= 4 is 11.9 Å². The fourth-order valence-corrected chi connectivity index (χ4v) is 7.41. The third-order valence-electron chi connectivity index (χ3n) is 11.4. The number of rotatable bonds is 36. The SMILES string of the molecule is CCCC/C=C\C/C=C\CCCCCCCC(=O)OC(COC(=O)CCCCCCCCCCCCCC)COC1OC(COC2OC(CO)C(O)C(O)C2O)C(O)C(O)C1O. The maximum atomic E-state index is 12.9. The summed E-state index contributed by atoms with van der Waals surface area (Å²) in [6.07, 6.45) is 16.4. The summed E-state index contributed by atoms with van der Waals surface area (Å²) < 4.78 is 33.5. The highest BCUT2D eigenvalue weighted by Crippen LogP contribution is 2.26. The molecule has 11 atom stereocenters. The first-order valence-corrected chi connectivity index (χ1v) is 23.9. The van der Waals surface area contributed by atoms with E-state index in [0.717, 1.165) is 64.2 Å². The van der Waals surface area contributed by atoms with Gasteiger partial charge in [-0.25, -0.2) is 0 Å². The standard InChI is InChI=1S/C47H84O15/c1-3-5-7-9-11-13-15-17-18-20-22-24-26-28-30-39(50)60-35(32-57-38(49)29-27-25-23-21-19-16-14-12-10-8-6-4-2)33-58-46-45(56)43(54)41(52)37(62-46)34-59-47-44(55)42(53)40(51)36(31-48)61-47/h9,11,15,17,35-37,40-48,51-56H,3-8,10,12-14,16,18-34H2,1-2H3/b11-9-,17-15-. The molecule has 11 unspecified atom stereocenters. The van der Waals surface area contributed by atoms with Gasteiger partial charge in [0, 0.05) is 12.8 Å². The van der Waals surface area contributed by atoms with E-state index in [4.69, 9.17) is 28.4 Å². The molecular weight excluding hydrogens is 805 g/mol. The lowest BCUT2D eigenvalue weighted by atomic mass is 9.98. The van der Waals surface area contributed by atoms with E-state index >= 15 is 0 Å². The van der Waals surface area contributed by atoms with E-state index in [1.165, 1.54) is 64.2 Å². The van der Waals surface area contributed by atoms with E-state index in [0.29, 0.717) is 12.8 Å². The Morgan fingerprint density at radius 2 is 0.984 bits per heavy atom. The van der Waals surface area contributed by atoms with Gasteiger partial charge in [-0.15, -0.1) is 0 Å². The molecule has 7 N–H and O–H groups in total. The largest absolute Gasteiger partial charge is 0.462 e. The number of ether oxygens (including phenoxy) is 6. The number of carbonyl (C=O) groups excluding carboxylic acids is 2. The minimum atomic E-state index is -1.76. The average Bonchev–Trinajstić information content (AvgIpc) is 3.26. The second-order valence-corrected chi connectivity index (χ2v) is 16.9. The van der Waals surface area contributed by atoms with Gasteiger partial charge in [0.25, 0.3) is 0 Å². The molecular formula is C47H84O15. The number of aliphatic hydroxyl groups is 7. The molecule has 2 saturated heterocycles. The lowest BCUT2D eigenvalue weighted by Gasteiger charge is -2.42. The second kappa shape index (κ2) is 35.3. The average molecular weight is 889 g/mol. The van der Waals surface area contributed by atoms with Crippen LogP contribution in [0.25, 0.3) is 0 Å². The molecule has 0 aliphatic carbocycles. The van der Waals surface area contributed by atoms with Gasteiger partial charge in [0.15, 0.2) is 18.7 Å². The summed E-state index contributed by atoms with van der Waals surface area (Å²) in [5.41, 5.74) is 0. The minimum Gasteiger partial charge on any atom is -0.462 e. The van der Waals surface area contributed by atoms with E-state index in [2.05, 4.69) is 38.2 Å². The zero-order valence-electron chi connectivity index (χ0n) is 37.9. The Hall–Kier alpha value is -2.02. The summed E-state index contributed by atoms with van der Waals surface area (Å²) in [6.45, 7) is 2.52. The number of esters is 2. The van der Waals surface area contributed by atoms with Crippen LogP contribution in [-0.4, -0.2) is 142 Å². The first-order valence-electron chi connectivity index (χ1n) is 23.9. The monoisotopic (exact) mass is 889 g/mol. The van der Waals surface area contributed by atoms with Gasteiger partial charge in [-0.3, -0.25) is 9.59 Å². The first kappa shape index (κ1) is 56.1. The van der Waals surface area contributed by atoms with Crippen LogP contribution in [0, 0.1) is 0 Å². The Morgan fingerprint density at radius 1 is 0.516 bits per heavy atom. The molecule has 2 rings (SSSR count). The normalized spacial score (nSPS) is 27.2. The van der Waals surface area contributed by atoms with Crippen LogP contribution in [0.4, 0.5) is 0 Å². The molecule has 15 nitrogen and oxygen atoms in total. The molecule has 0 saturated carbocycles. The first-order chi connectivity index (χ1) is 30.0. The Bertz CT molecular complexity index is 1180. The topological polar surface area (TPSA) is 231 Å². The summed E-state index contributed by atoms with van der Waals surface area (Å²) in [4.78, 5) is 25.6. The zero-order chi connectivity index (χ0) is 45.4. The molecule has 62 heavy (non-hydrogen) atoms. The summed E-state index contributed by atoms with van der Waals surface area (Å²) in [5, 5.41) is 71.9. The second-order valence-electron chi connectivity index (χ2n) is 16.9. The highest BCUT2D eigenvalue weighted by atomic mass is 16.7. The number of hydrogen-bond acceptors (Lipinski definition) is 15. The highest BCUT2D eigenvalue weighted by molar-refractivity contribution is 5.70. The van der Waals surface area contributed by atoms with Crippen LogP contribution in [-0.2, 0) is 38.0 Å². The molecule has 0 amide bonds. The fraction of sp³-hybridized carbons (Fsp3) is 0.872. The van der Waals surface area contributed by atoms with E-state index in [1.54, 1.807) is 0 Å². The Kier molecular flexibility index (Phi) is 31.9. The summed E-state index contributed by atoms with van der Waals surface area (Å²) in [5.74, 6) is -0.939. The molecule has 0 radical (unpaired) electrons. The van der Waals surface area contributed by atoms with Gasteiger partial charge in [-0.05, 0) is 38.5 Å². The number of aliphatic hydroxyl groups excluding tert-OH is 7. The van der Waals surface area contributed by atoms with Crippen LogP contribution in [0.15, 0.2) is 24.3 Å². The molecule has 0 aromatic carbocycles. The number of hydrogen-bond donors (Lipinski definition) is 7. The molecule has 15 heteroatoms. The van der Waals surface area contributed by atoms with E-state index in [9.17, 15) is 45.3 Å². The third-order valence-corrected chi connectivity index (χ3v) is 11.4. The molecule has 0 aromatic heterocycles. The quantitative estimate of drug-likeness (QED) is 0.0231. The van der Waals surface area contributed by atoms with Gasteiger partial charge >= 0.3 is 11.9 Å². The summed E-state index contributed by atoms with van der Waals surface area (Å²) in [6, 6.07) is 0. The van der Waals surface area contributed by atoms with Gasteiger partial charge in [-0.2, -0.15) is 0 Å². The summed E-state index contributed by atoms with van der Waals surface area (Å²) >= 11 is 0. The van der Waals surface area contributed by atoms with Crippen LogP contribution >= 0.6 is 0 Å². The van der Waals surface area contributed by atoms with Crippen LogP contribution in [0.5, 0.6) is 0 Å². The molecule has 0 spiro atoms. The molecule has 362 valence electrons. The van der Waals surface area contributed by atoms with Crippen molar-refractivity contribution in [2.75, 3.05) is 26.4 Å². The highest BCUT2D eigenvalue weighted by Gasteiger charge is 2.47. The molecule has 2 aliphatic rings. The van der Waals surface area contributed by atoms with Crippen molar-refractivity contribution in [3.63, 3.8) is 0 Å². The van der Waals surface area contributed by atoms with E-state index < -0.39 is 92.7 Å².